The SMILES string of the molecule is COC(OC)c1cc(C(=O)O)nn1CC(C)C. The van der Waals surface area contributed by atoms with Gasteiger partial charge >= 0.3 is 5.97 Å². The standard InChI is InChI=1S/C11H18N2O4/c1-7(2)6-13-9(11(16-3)17-4)5-8(12-13)10(14)15/h5,7,11H,6H2,1-4H3,(H,14,15). The monoisotopic (exact) mass is 242 g/mol. The molecule has 0 aliphatic rings. The van der Waals surface area contributed by atoms with Gasteiger partial charge in [-0.1, -0.05) is 13.8 Å². The molecule has 96 valence electrons. The highest BCUT2D eigenvalue weighted by molar-refractivity contribution is 5.85. The van der Waals surface area contributed by atoms with E-state index in [1.807, 2.05) is 13.8 Å². The van der Waals surface area contributed by atoms with Crippen molar-refractivity contribution in [3.63, 3.8) is 0 Å². The fraction of sp³-hybridized carbons (Fsp3) is 0.636. The Bertz CT molecular complexity index is 383. The summed E-state index contributed by atoms with van der Waals surface area (Å²) < 4.78 is 11.9. The van der Waals surface area contributed by atoms with Crippen LogP contribution in [0.3, 0.4) is 0 Å². The maximum Gasteiger partial charge on any atom is 0.356 e. The van der Waals surface area contributed by atoms with Gasteiger partial charge in [0.15, 0.2) is 12.0 Å². The van der Waals surface area contributed by atoms with Gasteiger partial charge < -0.3 is 14.6 Å². The first kappa shape index (κ1) is 13.7. The zero-order chi connectivity index (χ0) is 13.0. The summed E-state index contributed by atoms with van der Waals surface area (Å²) in [5.41, 5.74) is 0.612. The maximum absolute atomic E-state index is 10.9. The van der Waals surface area contributed by atoms with Gasteiger partial charge in [-0.15, -0.1) is 0 Å². The lowest BCUT2D eigenvalue weighted by Gasteiger charge is -2.16. The van der Waals surface area contributed by atoms with E-state index < -0.39 is 12.3 Å². The third kappa shape index (κ3) is 3.28. The molecule has 0 saturated heterocycles. The molecule has 1 N–H and O–H groups in total. The Balaban J connectivity index is 3.10. The van der Waals surface area contributed by atoms with Crippen molar-refractivity contribution in [1.29, 1.82) is 0 Å². The van der Waals surface area contributed by atoms with Gasteiger partial charge in [0.05, 0.1) is 5.69 Å². The van der Waals surface area contributed by atoms with Crippen molar-refractivity contribution in [1.82, 2.24) is 9.78 Å². The average molecular weight is 242 g/mol. The maximum atomic E-state index is 10.9. The highest BCUT2D eigenvalue weighted by Crippen LogP contribution is 2.19. The van der Waals surface area contributed by atoms with Crippen LogP contribution in [-0.2, 0) is 16.0 Å². The molecule has 1 heterocycles. The number of rotatable bonds is 6. The summed E-state index contributed by atoms with van der Waals surface area (Å²) in [7, 11) is 3.00. The average Bonchev–Trinajstić information content (AvgIpc) is 2.63. The highest BCUT2D eigenvalue weighted by Gasteiger charge is 2.20. The van der Waals surface area contributed by atoms with E-state index in [1.54, 1.807) is 4.68 Å². The van der Waals surface area contributed by atoms with Crippen molar-refractivity contribution in [3.8, 4) is 0 Å². The molecule has 1 aromatic heterocycles. The van der Waals surface area contributed by atoms with Gasteiger partial charge in [0.2, 0.25) is 0 Å². The fourth-order valence-electron chi connectivity index (χ4n) is 1.56. The molecule has 0 amide bonds. The van der Waals surface area contributed by atoms with E-state index >= 15 is 0 Å². The van der Waals surface area contributed by atoms with Gasteiger partial charge in [-0.25, -0.2) is 4.79 Å². The van der Waals surface area contributed by atoms with Gasteiger partial charge in [0.25, 0.3) is 0 Å². The van der Waals surface area contributed by atoms with Crippen LogP contribution in [0.25, 0.3) is 0 Å². The minimum atomic E-state index is -1.06. The van der Waals surface area contributed by atoms with Crippen LogP contribution >= 0.6 is 0 Å². The summed E-state index contributed by atoms with van der Waals surface area (Å²) in [4.78, 5) is 10.9. The van der Waals surface area contributed by atoms with E-state index in [0.29, 0.717) is 18.2 Å². The van der Waals surface area contributed by atoms with Crippen LogP contribution in [0, 0.1) is 5.92 Å². The molecule has 0 unspecified atom stereocenters. The van der Waals surface area contributed by atoms with Crippen molar-refractivity contribution < 1.29 is 19.4 Å². The first-order valence-electron chi connectivity index (χ1n) is 5.36. The third-order valence-corrected chi connectivity index (χ3v) is 2.24. The molecule has 6 nitrogen and oxygen atoms in total. The number of aromatic carboxylic acids is 1. The molecule has 1 rings (SSSR count). The zero-order valence-electron chi connectivity index (χ0n) is 10.5. The summed E-state index contributed by atoms with van der Waals surface area (Å²) in [6.45, 7) is 4.67. The number of carbonyl (C=O) groups is 1. The van der Waals surface area contributed by atoms with Crippen molar-refractivity contribution in [2.75, 3.05) is 14.2 Å². The minimum absolute atomic E-state index is 0.000231. The van der Waals surface area contributed by atoms with Crippen LogP contribution < -0.4 is 0 Å². The molecule has 17 heavy (non-hydrogen) atoms. The number of aromatic nitrogens is 2. The van der Waals surface area contributed by atoms with E-state index in [0.717, 1.165) is 0 Å². The van der Waals surface area contributed by atoms with E-state index in [2.05, 4.69) is 5.10 Å². The van der Waals surface area contributed by atoms with Crippen LogP contribution in [0.15, 0.2) is 6.07 Å². The molecule has 1 aromatic rings. The second-order valence-corrected chi connectivity index (χ2v) is 4.14. The van der Waals surface area contributed by atoms with Gasteiger partial charge in [-0.2, -0.15) is 5.10 Å². The van der Waals surface area contributed by atoms with Crippen molar-refractivity contribution in [2.45, 2.75) is 26.7 Å². The highest BCUT2D eigenvalue weighted by atomic mass is 16.7. The quantitative estimate of drug-likeness (QED) is 0.766. The molecule has 0 aliphatic heterocycles. The first-order chi connectivity index (χ1) is 7.99. The molecule has 0 aliphatic carbocycles. The van der Waals surface area contributed by atoms with Gasteiger partial charge in [-0.05, 0) is 12.0 Å². The van der Waals surface area contributed by atoms with Crippen LogP contribution in [0.5, 0.6) is 0 Å². The van der Waals surface area contributed by atoms with E-state index in [9.17, 15) is 4.79 Å². The Kier molecular flexibility index (Phi) is 4.65. The van der Waals surface area contributed by atoms with Crippen LogP contribution in [0.2, 0.25) is 0 Å². The van der Waals surface area contributed by atoms with Gasteiger partial charge in [-0.3, -0.25) is 4.68 Å². The third-order valence-electron chi connectivity index (χ3n) is 2.24. The van der Waals surface area contributed by atoms with Gasteiger partial charge in [0.1, 0.15) is 0 Å². The summed E-state index contributed by atoms with van der Waals surface area (Å²) in [6, 6.07) is 1.47. The lowest BCUT2D eigenvalue weighted by molar-refractivity contribution is -0.111. The minimum Gasteiger partial charge on any atom is -0.476 e. The predicted molar refractivity (Wildman–Crippen MR) is 60.8 cm³/mol. The second-order valence-electron chi connectivity index (χ2n) is 4.14. The summed E-state index contributed by atoms with van der Waals surface area (Å²) in [6.07, 6.45) is -0.602. The second kappa shape index (κ2) is 5.79. The molecule has 0 fully saturated rings. The largest absolute Gasteiger partial charge is 0.476 e. The molecule has 6 heteroatoms. The Morgan fingerprint density at radius 1 is 1.47 bits per heavy atom. The number of hydrogen-bond donors (Lipinski definition) is 1. The molecular formula is C11H18N2O4. The molecule has 0 radical (unpaired) electrons. The fourth-order valence-corrected chi connectivity index (χ4v) is 1.56. The molecule has 0 saturated carbocycles. The van der Waals surface area contributed by atoms with E-state index in [4.69, 9.17) is 14.6 Å². The lowest BCUT2D eigenvalue weighted by Crippen LogP contribution is -2.15. The van der Waals surface area contributed by atoms with Crippen LogP contribution in [-0.4, -0.2) is 35.1 Å². The van der Waals surface area contributed by atoms with Crippen LogP contribution in [0.4, 0.5) is 0 Å². The zero-order valence-corrected chi connectivity index (χ0v) is 10.5. The number of carboxylic acid groups (broad SMARTS) is 1. The van der Waals surface area contributed by atoms with Crippen molar-refractivity contribution in [2.24, 2.45) is 5.92 Å². The molecule has 0 spiro atoms. The molecule has 0 bridgehead atoms. The number of hydrogen-bond acceptors (Lipinski definition) is 4. The first-order valence-corrected chi connectivity index (χ1v) is 5.36. The van der Waals surface area contributed by atoms with E-state index in [-0.39, 0.29) is 5.69 Å². The lowest BCUT2D eigenvalue weighted by atomic mass is 10.2. The summed E-state index contributed by atoms with van der Waals surface area (Å²) in [5, 5.41) is 13.0. The van der Waals surface area contributed by atoms with Crippen LogP contribution in [0.1, 0.15) is 36.3 Å². The van der Waals surface area contributed by atoms with E-state index in [1.165, 1.54) is 20.3 Å². The topological polar surface area (TPSA) is 73.6 Å². The Hall–Kier alpha value is -1.40. The van der Waals surface area contributed by atoms with Crippen molar-refractivity contribution in [3.05, 3.63) is 17.5 Å². The number of carboxylic acids is 1. The molecular weight excluding hydrogens is 224 g/mol. The Morgan fingerprint density at radius 3 is 2.47 bits per heavy atom. The summed E-state index contributed by atoms with van der Waals surface area (Å²) in [5.74, 6) is -0.704. The smallest absolute Gasteiger partial charge is 0.356 e. The van der Waals surface area contributed by atoms with Gasteiger partial charge in [0, 0.05) is 20.8 Å². The number of ether oxygens (including phenoxy) is 2. The van der Waals surface area contributed by atoms with Crippen molar-refractivity contribution >= 4 is 5.97 Å². The predicted octanol–water partition coefficient (Wildman–Crippen LogP) is 1.53. The Labute approximate surface area is 100 Å². The number of nitrogens with zero attached hydrogens (tertiary/aromatic N) is 2. The molecule has 0 atom stereocenters. The summed E-state index contributed by atoms with van der Waals surface area (Å²) >= 11 is 0. The molecule has 0 aromatic carbocycles. The Morgan fingerprint density at radius 2 is 2.06 bits per heavy atom. The normalized spacial score (nSPS) is 11.4. The number of methoxy groups -OCH3 is 2.